The molecule has 1 fully saturated rings. The minimum atomic E-state index is -0.320. The van der Waals surface area contributed by atoms with Crippen molar-refractivity contribution in [1.82, 2.24) is 15.5 Å². The van der Waals surface area contributed by atoms with Gasteiger partial charge in [-0.1, -0.05) is 43.5 Å². The van der Waals surface area contributed by atoms with Crippen molar-refractivity contribution in [3.63, 3.8) is 0 Å². The number of nitrogens with zero attached hydrogens (tertiary/aromatic N) is 1. The van der Waals surface area contributed by atoms with Crippen molar-refractivity contribution in [1.29, 1.82) is 0 Å². The van der Waals surface area contributed by atoms with Crippen molar-refractivity contribution >= 4 is 5.91 Å². The van der Waals surface area contributed by atoms with Crippen molar-refractivity contribution in [3.8, 4) is 0 Å². The summed E-state index contributed by atoms with van der Waals surface area (Å²) in [4.78, 5) is 22.9. The van der Waals surface area contributed by atoms with Crippen LogP contribution in [0.5, 0.6) is 0 Å². The fourth-order valence-electron chi connectivity index (χ4n) is 3.09. The standard InChI is InChI=1S/C18H21N3O2/c22-17-11-10-16(20-21-17)18(23)19-12-13-6-8-15(9-7-13)14-4-2-1-3-5-14/h6-11,14H,1-5,12H2,(H,19,23)(H,21,22). The van der Waals surface area contributed by atoms with E-state index in [1.807, 2.05) is 0 Å². The number of rotatable bonds is 4. The lowest BCUT2D eigenvalue weighted by Crippen LogP contribution is -2.25. The second-order valence-electron chi connectivity index (χ2n) is 6.07. The van der Waals surface area contributed by atoms with E-state index in [0.717, 1.165) is 5.56 Å². The molecule has 5 nitrogen and oxygen atoms in total. The molecule has 0 atom stereocenters. The molecule has 0 spiro atoms. The van der Waals surface area contributed by atoms with E-state index in [9.17, 15) is 9.59 Å². The maximum Gasteiger partial charge on any atom is 0.271 e. The molecular weight excluding hydrogens is 290 g/mol. The summed E-state index contributed by atoms with van der Waals surface area (Å²) in [6.45, 7) is 0.449. The van der Waals surface area contributed by atoms with Gasteiger partial charge in [-0.15, -0.1) is 0 Å². The fourth-order valence-corrected chi connectivity index (χ4v) is 3.09. The van der Waals surface area contributed by atoms with Crippen molar-refractivity contribution in [2.45, 2.75) is 44.6 Å². The molecule has 5 heteroatoms. The highest BCUT2D eigenvalue weighted by molar-refractivity contribution is 5.91. The summed E-state index contributed by atoms with van der Waals surface area (Å²) in [7, 11) is 0. The monoisotopic (exact) mass is 311 g/mol. The molecule has 23 heavy (non-hydrogen) atoms. The zero-order valence-electron chi connectivity index (χ0n) is 13.0. The van der Waals surface area contributed by atoms with Gasteiger partial charge in [-0.2, -0.15) is 5.10 Å². The van der Waals surface area contributed by atoms with Gasteiger partial charge in [-0.05, 0) is 36.0 Å². The van der Waals surface area contributed by atoms with Crippen LogP contribution >= 0.6 is 0 Å². The lowest BCUT2D eigenvalue weighted by atomic mass is 9.84. The first-order valence-electron chi connectivity index (χ1n) is 8.15. The largest absolute Gasteiger partial charge is 0.347 e. The highest BCUT2D eigenvalue weighted by Crippen LogP contribution is 2.32. The Labute approximate surface area is 135 Å². The first-order valence-corrected chi connectivity index (χ1v) is 8.15. The van der Waals surface area contributed by atoms with Crippen LogP contribution in [0.3, 0.4) is 0 Å². The van der Waals surface area contributed by atoms with Crippen molar-refractivity contribution in [2.24, 2.45) is 0 Å². The summed E-state index contributed by atoms with van der Waals surface area (Å²) in [5, 5.41) is 8.78. The van der Waals surface area contributed by atoms with Gasteiger partial charge in [-0.3, -0.25) is 9.59 Å². The first-order chi connectivity index (χ1) is 11.2. The molecular formula is C18H21N3O2. The van der Waals surface area contributed by atoms with Crippen LogP contribution < -0.4 is 10.9 Å². The molecule has 0 bridgehead atoms. The number of hydrogen-bond donors (Lipinski definition) is 2. The number of hydrogen-bond acceptors (Lipinski definition) is 3. The van der Waals surface area contributed by atoms with E-state index >= 15 is 0 Å². The second-order valence-corrected chi connectivity index (χ2v) is 6.07. The van der Waals surface area contributed by atoms with Gasteiger partial charge >= 0.3 is 0 Å². The van der Waals surface area contributed by atoms with Crippen LogP contribution in [0.2, 0.25) is 0 Å². The van der Waals surface area contributed by atoms with E-state index in [4.69, 9.17) is 0 Å². The third-order valence-electron chi connectivity index (χ3n) is 4.42. The topological polar surface area (TPSA) is 74.8 Å². The molecule has 1 aromatic carbocycles. The third kappa shape index (κ3) is 4.06. The zero-order valence-corrected chi connectivity index (χ0v) is 13.0. The molecule has 120 valence electrons. The van der Waals surface area contributed by atoms with Crippen molar-refractivity contribution in [3.05, 3.63) is 63.6 Å². The number of amides is 1. The minimum absolute atomic E-state index is 0.212. The van der Waals surface area contributed by atoms with Crippen molar-refractivity contribution < 1.29 is 4.79 Å². The van der Waals surface area contributed by atoms with Crippen LogP contribution in [-0.4, -0.2) is 16.1 Å². The van der Waals surface area contributed by atoms with E-state index in [1.54, 1.807) is 0 Å². The molecule has 0 aliphatic heterocycles. The Morgan fingerprint density at radius 1 is 1.09 bits per heavy atom. The summed E-state index contributed by atoms with van der Waals surface area (Å²) in [6.07, 6.45) is 6.59. The predicted octanol–water partition coefficient (Wildman–Crippen LogP) is 2.75. The van der Waals surface area contributed by atoms with Gasteiger partial charge in [0.05, 0.1) is 0 Å². The Bertz CT molecular complexity index is 695. The Morgan fingerprint density at radius 2 is 1.83 bits per heavy atom. The minimum Gasteiger partial charge on any atom is -0.347 e. The molecule has 1 heterocycles. The number of aromatic amines is 1. The summed E-state index contributed by atoms with van der Waals surface area (Å²) < 4.78 is 0. The van der Waals surface area contributed by atoms with Crippen LogP contribution in [0.15, 0.2) is 41.2 Å². The Morgan fingerprint density at radius 3 is 2.48 bits per heavy atom. The van der Waals surface area contributed by atoms with E-state index in [1.165, 1.54) is 49.8 Å². The van der Waals surface area contributed by atoms with Gasteiger partial charge in [0.1, 0.15) is 5.69 Å². The normalized spacial score (nSPS) is 15.3. The molecule has 1 amide bonds. The molecule has 1 saturated carbocycles. The highest BCUT2D eigenvalue weighted by Gasteiger charge is 2.15. The Balaban J connectivity index is 1.56. The zero-order chi connectivity index (χ0) is 16.1. The number of aromatic nitrogens is 2. The number of benzene rings is 1. The van der Waals surface area contributed by atoms with Crippen LogP contribution in [-0.2, 0) is 6.54 Å². The molecule has 2 N–H and O–H groups in total. The predicted molar refractivity (Wildman–Crippen MR) is 88.3 cm³/mol. The molecule has 2 aromatic rings. The molecule has 0 radical (unpaired) electrons. The average Bonchev–Trinajstić information content (AvgIpc) is 2.61. The van der Waals surface area contributed by atoms with Gasteiger partial charge in [0.2, 0.25) is 0 Å². The van der Waals surface area contributed by atoms with Crippen LogP contribution in [0, 0.1) is 0 Å². The fraction of sp³-hybridized carbons (Fsp3) is 0.389. The second kappa shape index (κ2) is 7.22. The van der Waals surface area contributed by atoms with E-state index in [2.05, 4.69) is 39.8 Å². The van der Waals surface area contributed by atoms with E-state index < -0.39 is 0 Å². The average molecular weight is 311 g/mol. The van der Waals surface area contributed by atoms with Crippen LogP contribution in [0.25, 0.3) is 0 Å². The first kappa shape index (κ1) is 15.5. The van der Waals surface area contributed by atoms with E-state index in [-0.39, 0.29) is 17.2 Å². The Kier molecular flexibility index (Phi) is 4.86. The van der Waals surface area contributed by atoms with Crippen LogP contribution in [0.1, 0.15) is 59.6 Å². The lowest BCUT2D eigenvalue weighted by Gasteiger charge is -2.22. The maximum atomic E-state index is 11.9. The molecule has 1 aromatic heterocycles. The highest BCUT2D eigenvalue weighted by atomic mass is 16.2. The summed E-state index contributed by atoms with van der Waals surface area (Å²) in [5.41, 5.74) is 2.35. The Hall–Kier alpha value is -2.43. The number of carbonyl (C=O) groups excluding carboxylic acids is 1. The summed E-state index contributed by atoms with van der Waals surface area (Å²) in [5.74, 6) is 0.398. The van der Waals surface area contributed by atoms with Gasteiger partial charge in [0, 0.05) is 12.6 Å². The number of carbonyl (C=O) groups is 1. The number of H-pyrrole nitrogens is 1. The maximum absolute atomic E-state index is 11.9. The van der Waals surface area contributed by atoms with Gasteiger partial charge in [0.25, 0.3) is 11.5 Å². The SMILES string of the molecule is O=C(NCc1ccc(C2CCCCC2)cc1)c1ccc(=O)[nH]n1. The summed E-state index contributed by atoms with van der Waals surface area (Å²) in [6, 6.07) is 11.2. The van der Waals surface area contributed by atoms with Gasteiger partial charge < -0.3 is 5.32 Å². The lowest BCUT2D eigenvalue weighted by molar-refractivity contribution is 0.0945. The molecule has 1 aliphatic rings. The van der Waals surface area contributed by atoms with Gasteiger partial charge in [-0.25, -0.2) is 5.10 Å². The third-order valence-corrected chi connectivity index (χ3v) is 4.42. The molecule has 0 unspecified atom stereocenters. The van der Waals surface area contributed by atoms with Crippen molar-refractivity contribution in [2.75, 3.05) is 0 Å². The number of nitrogens with one attached hydrogen (secondary N) is 2. The summed E-state index contributed by atoms with van der Waals surface area (Å²) >= 11 is 0. The molecule has 3 rings (SSSR count). The smallest absolute Gasteiger partial charge is 0.271 e. The quantitative estimate of drug-likeness (QED) is 0.911. The molecule has 0 saturated heterocycles. The van der Waals surface area contributed by atoms with Crippen LogP contribution in [0.4, 0.5) is 0 Å². The molecule has 1 aliphatic carbocycles. The van der Waals surface area contributed by atoms with Gasteiger partial charge in [0.15, 0.2) is 0 Å². The van der Waals surface area contributed by atoms with E-state index in [0.29, 0.717) is 12.5 Å².